The van der Waals surface area contributed by atoms with Gasteiger partial charge in [0.1, 0.15) is 5.75 Å². The van der Waals surface area contributed by atoms with E-state index >= 15 is 0 Å². The lowest BCUT2D eigenvalue weighted by atomic mass is 10.1. The summed E-state index contributed by atoms with van der Waals surface area (Å²) < 4.78 is 7.61. The fourth-order valence-electron chi connectivity index (χ4n) is 1.56. The van der Waals surface area contributed by atoms with Crippen LogP contribution in [0.5, 0.6) is 5.75 Å². The quantitative estimate of drug-likeness (QED) is 0.708. The van der Waals surface area contributed by atoms with Crippen LogP contribution in [0.2, 0.25) is 0 Å². The normalized spacial score (nSPS) is 14.6. The molecule has 0 aliphatic heterocycles. The number of hydrogen-bond donors (Lipinski definition) is 0. The summed E-state index contributed by atoms with van der Waals surface area (Å²) in [7, 11) is 1.70. The molecule has 0 bridgehead atoms. The molecule has 0 radical (unpaired) electrons. The van der Waals surface area contributed by atoms with Gasteiger partial charge in [0.05, 0.1) is 16.0 Å². The van der Waals surface area contributed by atoms with E-state index in [0.29, 0.717) is 0 Å². The maximum absolute atomic E-state index is 5.38. The Labute approximate surface area is 104 Å². The Morgan fingerprint density at radius 2 is 2.36 bits per heavy atom. The Morgan fingerprint density at radius 1 is 1.57 bits per heavy atom. The standard InChI is InChI=1S/C10H9BrINO/c1-14-10-6-3-2-4-7(11)9(6)13-5-8(10)12/h3,5H,2,4H2,1H3. The second-order valence-electron chi connectivity index (χ2n) is 3.05. The summed E-state index contributed by atoms with van der Waals surface area (Å²) in [6.45, 7) is 0. The highest BCUT2D eigenvalue weighted by atomic mass is 127. The lowest BCUT2D eigenvalue weighted by molar-refractivity contribution is 0.406. The number of ether oxygens (including phenoxy) is 1. The van der Waals surface area contributed by atoms with E-state index in [-0.39, 0.29) is 0 Å². The largest absolute Gasteiger partial charge is 0.495 e. The molecule has 1 aliphatic carbocycles. The average Bonchev–Trinajstić information content (AvgIpc) is 2.18. The van der Waals surface area contributed by atoms with Crippen LogP contribution >= 0.6 is 38.5 Å². The molecule has 2 rings (SSSR count). The summed E-state index contributed by atoms with van der Waals surface area (Å²) >= 11 is 5.79. The van der Waals surface area contributed by atoms with Gasteiger partial charge in [-0.05, 0) is 35.4 Å². The van der Waals surface area contributed by atoms with Crippen molar-refractivity contribution in [1.82, 2.24) is 4.98 Å². The highest BCUT2D eigenvalue weighted by molar-refractivity contribution is 14.1. The van der Waals surface area contributed by atoms with Gasteiger partial charge in [-0.15, -0.1) is 0 Å². The first-order chi connectivity index (χ1) is 6.74. The smallest absolute Gasteiger partial charge is 0.142 e. The minimum Gasteiger partial charge on any atom is -0.495 e. The summed E-state index contributed by atoms with van der Waals surface area (Å²) in [5, 5.41) is 2.14. The first-order valence-electron chi connectivity index (χ1n) is 4.31. The van der Waals surface area contributed by atoms with Crippen LogP contribution in [-0.2, 0) is 0 Å². The summed E-state index contributed by atoms with van der Waals surface area (Å²) in [6.07, 6.45) is 6.11. The third-order valence-electron chi connectivity index (χ3n) is 2.20. The minimum absolute atomic E-state index is 0.937. The van der Waals surface area contributed by atoms with Crippen molar-refractivity contribution in [2.24, 2.45) is 0 Å². The zero-order valence-corrected chi connectivity index (χ0v) is 11.4. The van der Waals surface area contributed by atoms with E-state index < -0.39 is 0 Å². The van der Waals surface area contributed by atoms with Crippen molar-refractivity contribution in [1.29, 1.82) is 0 Å². The fraction of sp³-hybridized carbons (Fsp3) is 0.300. The number of methoxy groups -OCH3 is 1. The van der Waals surface area contributed by atoms with Gasteiger partial charge in [-0.3, -0.25) is 4.98 Å². The van der Waals surface area contributed by atoms with Crippen LogP contribution in [0.15, 0.2) is 6.20 Å². The Hall–Kier alpha value is -0.100. The van der Waals surface area contributed by atoms with Crippen molar-refractivity contribution in [3.05, 3.63) is 20.3 Å². The van der Waals surface area contributed by atoms with Gasteiger partial charge in [0.2, 0.25) is 0 Å². The van der Waals surface area contributed by atoms with Gasteiger partial charge < -0.3 is 4.74 Å². The highest BCUT2D eigenvalue weighted by Crippen LogP contribution is 2.18. The molecule has 0 saturated heterocycles. The van der Waals surface area contributed by atoms with Crippen LogP contribution in [0, 0.1) is 3.57 Å². The van der Waals surface area contributed by atoms with E-state index in [2.05, 4.69) is 49.6 Å². The second-order valence-corrected chi connectivity index (χ2v) is 5.17. The van der Waals surface area contributed by atoms with Crippen molar-refractivity contribution in [2.75, 3.05) is 7.11 Å². The molecule has 0 unspecified atom stereocenters. The summed E-state index contributed by atoms with van der Waals surface area (Å²) in [5.74, 6) is 0.937. The average molecular weight is 366 g/mol. The molecule has 0 N–H and O–H groups in total. The summed E-state index contributed by atoms with van der Waals surface area (Å²) in [5.41, 5.74) is 0. The Bertz CT molecular complexity index is 484. The van der Waals surface area contributed by atoms with Gasteiger partial charge in [-0.25, -0.2) is 0 Å². The molecule has 0 fully saturated rings. The lowest BCUT2D eigenvalue weighted by Gasteiger charge is -2.09. The summed E-state index contributed by atoms with van der Waals surface area (Å²) in [4.78, 5) is 4.41. The molecule has 1 aromatic rings. The number of nitrogens with zero attached hydrogens (tertiary/aromatic N) is 1. The Morgan fingerprint density at radius 3 is 3.07 bits per heavy atom. The fourth-order valence-corrected chi connectivity index (χ4v) is 2.76. The van der Waals surface area contributed by atoms with Gasteiger partial charge in [-0.1, -0.05) is 22.0 Å². The molecule has 0 aromatic carbocycles. The topological polar surface area (TPSA) is 22.1 Å². The predicted octanol–water partition coefficient (Wildman–Crippen LogP) is 1.77. The Balaban J connectivity index is 2.88. The van der Waals surface area contributed by atoms with Crippen molar-refractivity contribution in [3.8, 4) is 5.75 Å². The third kappa shape index (κ3) is 1.69. The first-order valence-corrected chi connectivity index (χ1v) is 6.18. The zero-order valence-electron chi connectivity index (χ0n) is 7.68. The van der Waals surface area contributed by atoms with Crippen LogP contribution < -0.4 is 15.3 Å². The molecule has 0 atom stereocenters. The van der Waals surface area contributed by atoms with Gasteiger partial charge in [-0.2, -0.15) is 0 Å². The molecule has 0 spiro atoms. The number of rotatable bonds is 1. The molecule has 14 heavy (non-hydrogen) atoms. The van der Waals surface area contributed by atoms with Gasteiger partial charge in [0, 0.05) is 15.9 Å². The number of halogens is 2. The maximum atomic E-state index is 5.38. The molecular weight excluding hydrogens is 357 g/mol. The molecule has 1 aliphatic rings. The van der Waals surface area contributed by atoms with E-state index in [4.69, 9.17) is 4.74 Å². The van der Waals surface area contributed by atoms with Gasteiger partial charge in [0.15, 0.2) is 0 Å². The van der Waals surface area contributed by atoms with E-state index in [1.807, 2.05) is 6.20 Å². The Kier molecular flexibility index (Phi) is 3.11. The molecular formula is C10H9BrINO. The van der Waals surface area contributed by atoms with Crippen LogP contribution in [0.4, 0.5) is 0 Å². The van der Waals surface area contributed by atoms with Crippen LogP contribution in [0.25, 0.3) is 10.6 Å². The number of aromatic nitrogens is 1. The van der Waals surface area contributed by atoms with Crippen molar-refractivity contribution in [2.45, 2.75) is 12.8 Å². The molecule has 74 valence electrons. The van der Waals surface area contributed by atoms with Crippen molar-refractivity contribution >= 4 is 49.1 Å². The predicted molar refractivity (Wildman–Crippen MR) is 68.8 cm³/mol. The van der Waals surface area contributed by atoms with Crippen molar-refractivity contribution < 1.29 is 4.74 Å². The maximum Gasteiger partial charge on any atom is 0.142 e. The molecule has 1 heterocycles. The molecule has 4 heteroatoms. The van der Waals surface area contributed by atoms with E-state index in [1.165, 1.54) is 4.48 Å². The monoisotopic (exact) mass is 365 g/mol. The van der Waals surface area contributed by atoms with Crippen LogP contribution in [-0.4, -0.2) is 12.1 Å². The molecule has 0 saturated carbocycles. The molecule has 0 amide bonds. The number of hydrogen-bond acceptors (Lipinski definition) is 2. The van der Waals surface area contributed by atoms with Gasteiger partial charge in [0.25, 0.3) is 0 Å². The van der Waals surface area contributed by atoms with E-state index in [0.717, 1.165) is 32.7 Å². The zero-order chi connectivity index (χ0) is 10.1. The minimum atomic E-state index is 0.937. The summed E-state index contributed by atoms with van der Waals surface area (Å²) in [6, 6.07) is 0. The van der Waals surface area contributed by atoms with E-state index in [9.17, 15) is 0 Å². The second kappa shape index (κ2) is 4.18. The van der Waals surface area contributed by atoms with Crippen molar-refractivity contribution in [3.63, 3.8) is 0 Å². The third-order valence-corrected chi connectivity index (χ3v) is 3.74. The number of fused-ring (bicyclic) bond motifs is 1. The number of pyridine rings is 1. The first kappa shape index (κ1) is 10.4. The lowest BCUT2D eigenvalue weighted by Crippen LogP contribution is -2.33. The van der Waals surface area contributed by atoms with Gasteiger partial charge >= 0.3 is 0 Å². The SMILES string of the molecule is COc1c(I)cnc2c1=CCCC=2Br. The van der Waals surface area contributed by atoms with Crippen LogP contribution in [0.3, 0.4) is 0 Å². The molecule has 1 aromatic heterocycles. The highest BCUT2D eigenvalue weighted by Gasteiger charge is 2.09. The van der Waals surface area contributed by atoms with E-state index in [1.54, 1.807) is 7.11 Å². The molecule has 2 nitrogen and oxygen atoms in total. The van der Waals surface area contributed by atoms with Crippen LogP contribution in [0.1, 0.15) is 12.8 Å².